The third kappa shape index (κ3) is 8.29. The number of nitro benzene ring substituents is 3. The molecule has 21 heteroatoms. The summed E-state index contributed by atoms with van der Waals surface area (Å²) < 4.78 is 23.4. The maximum absolute atomic E-state index is 13.3. The Morgan fingerprint density at radius 3 is 1.65 bits per heavy atom. The Labute approximate surface area is 282 Å². The summed E-state index contributed by atoms with van der Waals surface area (Å²) in [5.74, 6) is -3.15. The molecular formula is C30H22N6O15. The van der Waals surface area contributed by atoms with E-state index in [9.17, 15) is 54.3 Å². The molecule has 1 fully saturated rings. The Kier molecular flexibility index (Phi) is 10.3. The van der Waals surface area contributed by atoms with Gasteiger partial charge in [0, 0.05) is 42.8 Å². The molecule has 21 nitrogen and oxygen atoms in total. The quantitative estimate of drug-likeness (QED) is 0.101. The molecule has 0 bridgehead atoms. The van der Waals surface area contributed by atoms with Crippen molar-refractivity contribution in [3.63, 3.8) is 0 Å². The van der Waals surface area contributed by atoms with Crippen molar-refractivity contribution in [3.05, 3.63) is 147 Å². The molecule has 0 radical (unpaired) electrons. The minimum atomic E-state index is -1.62. The first-order valence-electron chi connectivity index (χ1n) is 14.5. The van der Waals surface area contributed by atoms with Gasteiger partial charge < -0.3 is 18.9 Å². The third-order valence-corrected chi connectivity index (χ3v) is 7.33. The molecule has 0 aliphatic carbocycles. The van der Waals surface area contributed by atoms with Gasteiger partial charge in [-0.25, -0.2) is 19.2 Å². The van der Waals surface area contributed by atoms with Crippen LogP contribution in [0.15, 0.2) is 88.6 Å². The van der Waals surface area contributed by atoms with Crippen molar-refractivity contribution in [3.8, 4) is 0 Å². The number of benzene rings is 3. The van der Waals surface area contributed by atoms with Gasteiger partial charge in [0.1, 0.15) is 25.0 Å². The van der Waals surface area contributed by atoms with Crippen LogP contribution in [0.2, 0.25) is 0 Å². The maximum atomic E-state index is 13.3. The predicted octanol–water partition coefficient (Wildman–Crippen LogP) is 2.25. The topological polar surface area (TPSA) is 285 Å². The normalized spacial score (nSPS) is 18.2. The van der Waals surface area contributed by atoms with Crippen LogP contribution < -0.4 is 11.2 Å². The van der Waals surface area contributed by atoms with Crippen LogP contribution in [0.1, 0.15) is 43.7 Å². The van der Waals surface area contributed by atoms with E-state index < -0.39 is 81.5 Å². The second kappa shape index (κ2) is 14.9. The first-order valence-corrected chi connectivity index (χ1v) is 14.5. The molecule has 1 aliphatic rings. The van der Waals surface area contributed by atoms with Crippen molar-refractivity contribution >= 4 is 35.0 Å². The van der Waals surface area contributed by atoms with Gasteiger partial charge in [0.05, 0.1) is 31.5 Å². The van der Waals surface area contributed by atoms with Gasteiger partial charge in [-0.3, -0.25) is 40.1 Å². The monoisotopic (exact) mass is 706 g/mol. The molecule has 0 saturated carbocycles. The van der Waals surface area contributed by atoms with E-state index in [1.165, 1.54) is 0 Å². The summed E-state index contributed by atoms with van der Waals surface area (Å²) in [5.41, 5.74) is -3.32. The number of aromatic amines is 1. The standard InChI is InChI=1S/C30H22N6O15/c37-24-14-31-33(30(41)32-24)25-13-22(50-28(39)17-3-9-20(10-4-17)35(44)45)26(51-29(40)18-5-11-21(12-6-18)36(46)47)23(49-25)15-48-27(38)16-1-7-19(8-2-16)34(42)43/h1-12,14,22-23,25-26H,13,15H2,(H,32,37,41)/t22-,23-,25-,26+/m1/s1. The molecule has 0 spiro atoms. The first-order chi connectivity index (χ1) is 24.3. The van der Waals surface area contributed by atoms with Crippen LogP contribution in [0.3, 0.4) is 0 Å². The number of nitrogens with zero attached hydrogens (tertiary/aromatic N) is 5. The van der Waals surface area contributed by atoms with E-state index in [1.54, 1.807) is 0 Å². The lowest BCUT2D eigenvalue weighted by atomic mass is 9.99. The van der Waals surface area contributed by atoms with Crippen molar-refractivity contribution in [2.75, 3.05) is 6.61 Å². The minimum absolute atomic E-state index is 0.118. The number of nitro groups is 3. The highest BCUT2D eigenvalue weighted by Crippen LogP contribution is 2.32. The highest BCUT2D eigenvalue weighted by Gasteiger charge is 2.46. The number of rotatable bonds is 11. The molecule has 262 valence electrons. The van der Waals surface area contributed by atoms with Crippen LogP contribution in [0.5, 0.6) is 0 Å². The number of aromatic nitrogens is 3. The lowest BCUT2D eigenvalue weighted by Crippen LogP contribution is -2.54. The lowest BCUT2D eigenvalue weighted by molar-refractivity contribution is -0.385. The predicted molar refractivity (Wildman–Crippen MR) is 166 cm³/mol. The van der Waals surface area contributed by atoms with Crippen LogP contribution in [0.4, 0.5) is 17.1 Å². The molecule has 4 aromatic rings. The Balaban J connectivity index is 1.49. The minimum Gasteiger partial charge on any atom is -0.459 e. The molecule has 4 atom stereocenters. The number of hydrogen-bond donors (Lipinski definition) is 1. The average Bonchev–Trinajstić information content (AvgIpc) is 3.11. The number of non-ortho nitro benzene ring substituents is 3. The van der Waals surface area contributed by atoms with E-state index in [-0.39, 0.29) is 33.8 Å². The average molecular weight is 707 g/mol. The van der Waals surface area contributed by atoms with Crippen LogP contribution in [-0.2, 0) is 18.9 Å². The summed E-state index contributed by atoms with van der Waals surface area (Å²) in [4.78, 5) is 97.0. The van der Waals surface area contributed by atoms with Gasteiger partial charge in [-0.2, -0.15) is 9.78 Å². The molecule has 0 unspecified atom stereocenters. The van der Waals surface area contributed by atoms with Crippen molar-refractivity contribution in [1.29, 1.82) is 0 Å². The van der Waals surface area contributed by atoms with Gasteiger partial charge in [-0.1, -0.05) is 0 Å². The largest absolute Gasteiger partial charge is 0.459 e. The number of H-pyrrole nitrogens is 1. The molecule has 1 aliphatic heterocycles. The first kappa shape index (κ1) is 35.2. The Morgan fingerprint density at radius 2 is 1.20 bits per heavy atom. The molecule has 0 amide bonds. The molecular weight excluding hydrogens is 684 g/mol. The highest BCUT2D eigenvalue weighted by molar-refractivity contribution is 5.91. The molecule has 51 heavy (non-hydrogen) atoms. The van der Waals surface area contributed by atoms with Gasteiger partial charge >= 0.3 is 23.6 Å². The number of hydrogen-bond acceptors (Lipinski definition) is 16. The Bertz CT molecular complexity index is 2110. The summed E-state index contributed by atoms with van der Waals surface area (Å²) in [5, 5.41) is 36.9. The molecule has 5 rings (SSSR count). The van der Waals surface area contributed by atoms with Gasteiger partial charge in [0.25, 0.3) is 22.6 Å². The van der Waals surface area contributed by atoms with Crippen LogP contribution in [0.25, 0.3) is 0 Å². The molecule has 1 aromatic heterocycles. The van der Waals surface area contributed by atoms with E-state index in [4.69, 9.17) is 18.9 Å². The number of ether oxygens (including phenoxy) is 4. The summed E-state index contributed by atoms with van der Waals surface area (Å²) in [6.45, 7) is -0.742. The van der Waals surface area contributed by atoms with Crippen molar-refractivity contribution < 1.29 is 48.1 Å². The zero-order valence-corrected chi connectivity index (χ0v) is 25.6. The van der Waals surface area contributed by atoms with E-state index in [1.807, 2.05) is 4.98 Å². The Hall–Kier alpha value is -7.16. The maximum Gasteiger partial charge on any atom is 0.347 e. The van der Waals surface area contributed by atoms with E-state index in [2.05, 4.69) is 5.10 Å². The van der Waals surface area contributed by atoms with Crippen molar-refractivity contribution in [1.82, 2.24) is 14.8 Å². The lowest BCUT2D eigenvalue weighted by Gasteiger charge is -2.40. The number of nitrogens with one attached hydrogen (secondary N) is 1. The van der Waals surface area contributed by atoms with Crippen molar-refractivity contribution in [2.45, 2.75) is 31.0 Å². The summed E-state index contributed by atoms with van der Waals surface area (Å²) in [7, 11) is 0. The summed E-state index contributed by atoms with van der Waals surface area (Å²) in [6.07, 6.45) is -5.81. The van der Waals surface area contributed by atoms with Gasteiger partial charge in [0.2, 0.25) is 0 Å². The SMILES string of the molecule is O=C(OC[C@H]1O[C@@H](n2ncc(=O)[nH]c2=O)C[C@@H](OC(=O)c2ccc([N+](=O)[O-])cc2)[C@@H]1OC(=O)c1ccc([N+](=O)[O-])cc1)c1ccc([N+](=O)[O-])cc1. The third-order valence-electron chi connectivity index (χ3n) is 7.33. The number of esters is 3. The summed E-state index contributed by atoms with van der Waals surface area (Å²) >= 11 is 0. The van der Waals surface area contributed by atoms with Crippen LogP contribution in [0, 0.1) is 30.3 Å². The van der Waals surface area contributed by atoms with E-state index in [0.717, 1.165) is 79.0 Å². The highest BCUT2D eigenvalue weighted by atomic mass is 16.6. The second-order valence-corrected chi connectivity index (χ2v) is 10.6. The van der Waals surface area contributed by atoms with Gasteiger partial charge in [0.15, 0.2) is 12.3 Å². The second-order valence-electron chi connectivity index (χ2n) is 10.6. The van der Waals surface area contributed by atoms with Crippen LogP contribution in [-0.4, -0.2) is 72.4 Å². The van der Waals surface area contributed by atoms with E-state index in [0.29, 0.717) is 4.68 Å². The van der Waals surface area contributed by atoms with Gasteiger partial charge in [-0.05, 0) is 36.4 Å². The fourth-order valence-electron chi connectivity index (χ4n) is 4.83. The van der Waals surface area contributed by atoms with E-state index >= 15 is 0 Å². The number of carbonyl (C=O) groups excluding carboxylic acids is 3. The van der Waals surface area contributed by atoms with Crippen molar-refractivity contribution in [2.24, 2.45) is 0 Å². The van der Waals surface area contributed by atoms with Crippen LogP contribution >= 0.6 is 0 Å². The molecule has 1 N–H and O–H groups in total. The molecule has 1 saturated heterocycles. The number of carbonyl (C=O) groups is 3. The fraction of sp³-hybridized carbons (Fsp3) is 0.200. The smallest absolute Gasteiger partial charge is 0.347 e. The van der Waals surface area contributed by atoms with Gasteiger partial charge in [-0.15, -0.1) is 0 Å². The zero-order chi connectivity index (χ0) is 36.8. The Morgan fingerprint density at radius 1 is 0.745 bits per heavy atom. The summed E-state index contributed by atoms with van der Waals surface area (Å²) in [6, 6.07) is 12.9. The molecule has 3 aromatic carbocycles. The molecule has 2 heterocycles. The zero-order valence-electron chi connectivity index (χ0n) is 25.6. The fourth-order valence-corrected chi connectivity index (χ4v) is 4.83.